The van der Waals surface area contributed by atoms with Crippen molar-refractivity contribution in [1.29, 1.82) is 0 Å². The van der Waals surface area contributed by atoms with Crippen molar-refractivity contribution in [2.45, 2.75) is 119 Å². The zero-order valence-corrected chi connectivity index (χ0v) is 17.0. The lowest BCUT2D eigenvalue weighted by atomic mass is 9.78. The van der Waals surface area contributed by atoms with Gasteiger partial charge in [0.05, 0.1) is 0 Å². The van der Waals surface area contributed by atoms with E-state index in [9.17, 15) is 0 Å². The summed E-state index contributed by atoms with van der Waals surface area (Å²) in [5.74, 6) is 5.68. The first-order valence-electron chi connectivity index (χ1n) is 8.54. The number of rotatable bonds is 3. The van der Waals surface area contributed by atoms with E-state index in [2.05, 4.69) is 41.5 Å². The van der Waals surface area contributed by atoms with E-state index in [0.29, 0.717) is 0 Å². The molecule has 0 aliphatic heterocycles. The third-order valence-electron chi connectivity index (χ3n) is 5.17. The van der Waals surface area contributed by atoms with Gasteiger partial charge in [-0.25, -0.2) is 0 Å². The second-order valence-corrected chi connectivity index (χ2v) is 5.61. The summed E-state index contributed by atoms with van der Waals surface area (Å²) in [6.07, 6.45) is 2.72. The first-order chi connectivity index (χ1) is 8.54. The maximum absolute atomic E-state index is 2.49. The van der Waals surface area contributed by atoms with Crippen molar-refractivity contribution in [2.75, 3.05) is 0 Å². The van der Waals surface area contributed by atoms with Gasteiger partial charge in [-0.15, -0.1) is 0 Å². The van der Waals surface area contributed by atoms with Crippen LogP contribution in [-0.2, 0) is 0 Å². The Hall–Kier alpha value is 0.430. The van der Waals surface area contributed by atoms with Gasteiger partial charge in [-0.2, -0.15) is 9.90 Å². The SMILES string of the molecule is C.C.C.C.C.CC.CC.CCC(C)C1C(C)C(C)C(CC)C1C.P. The highest BCUT2D eigenvalue weighted by Crippen LogP contribution is 2.50. The minimum Gasteiger partial charge on any atom is -0.153 e. The molecule has 0 saturated heterocycles. The lowest BCUT2D eigenvalue weighted by Gasteiger charge is -2.27. The van der Waals surface area contributed by atoms with E-state index >= 15 is 0 Å². The molecule has 1 aliphatic rings. The Bertz CT molecular complexity index is 179. The molecule has 0 aromatic rings. The fraction of sp³-hybridized carbons (Fsp3) is 1.00. The van der Waals surface area contributed by atoms with Crippen molar-refractivity contribution < 1.29 is 0 Å². The lowest BCUT2D eigenvalue weighted by Crippen LogP contribution is -2.21. The van der Waals surface area contributed by atoms with Gasteiger partial charge in [0.25, 0.3) is 0 Å². The average molecular weight is 371 g/mol. The highest BCUT2D eigenvalue weighted by Gasteiger charge is 2.44. The Labute approximate surface area is 165 Å². The van der Waals surface area contributed by atoms with Crippen LogP contribution in [-0.4, -0.2) is 0 Å². The molecule has 1 heteroatoms. The largest absolute Gasteiger partial charge is 0.153 e. The zero-order valence-electron chi connectivity index (χ0n) is 15.6. The summed E-state index contributed by atoms with van der Waals surface area (Å²) in [6, 6.07) is 0. The van der Waals surface area contributed by atoms with Crippen LogP contribution in [0.2, 0.25) is 0 Å². The molecule has 0 amide bonds. The standard InChI is InChI=1S/C14H28.2C2H6.5CH4.H3P/c1-7-9(3)14-11(5)10(4)13(8-2)12(14)6;2*1-2;;;;;;/h9-14H,7-8H2,1-6H3;2*1-2H3;5*1H4;1H3. The molecule has 1 saturated carbocycles. The van der Waals surface area contributed by atoms with E-state index in [1.165, 1.54) is 12.8 Å². The van der Waals surface area contributed by atoms with Crippen LogP contribution in [0.5, 0.6) is 0 Å². The minimum absolute atomic E-state index is 0. The molecule has 0 aromatic heterocycles. The normalized spacial score (nSPS) is 27.0. The molecule has 0 N–H and O–H groups in total. The van der Waals surface area contributed by atoms with Crippen LogP contribution in [0.25, 0.3) is 0 Å². The predicted octanol–water partition coefficient (Wildman–Crippen LogP) is 9.89. The van der Waals surface area contributed by atoms with Gasteiger partial charge in [-0.1, -0.05) is 119 Å². The number of hydrogen-bond donors (Lipinski definition) is 0. The van der Waals surface area contributed by atoms with Crippen LogP contribution < -0.4 is 0 Å². The summed E-state index contributed by atoms with van der Waals surface area (Å²) >= 11 is 0. The second kappa shape index (κ2) is 28.2. The summed E-state index contributed by atoms with van der Waals surface area (Å²) in [5, 5.41) is 0. The Kier molecular flexibility index (Phi) is 58.5. The summed E-state index contributed by atoms with van der Waals surface area (Å²) < 4.78 is 0. The Morgan fingerprint density at radius 2 is 1.00 bits per heavy atom. The smallest absolute Gasteiger partial charge is 0.0332 e. The van der Waals surface area contributed by atoms with Crippen LogP contribution >= 0.6 is 9.90 Å². The minimum atomic E-state index is 0. The molecule has 0 heterocycles. The van der Waals surface area contributed by atoms with Crippen molar-refractivity contribution in [3.05, 3.63) is 0 Å². The van der Waals surface area contributed by atoms with Crippen LogP contribution in [0.1, 0.15) is 119 Å². The second-order valence-electron chi connectivity index (χ2n) is 5.61. The molecule has 160 valence electrons. The maximum Gasteiger partial charge on any atom is -0.0332 e. The van der Waals surface area contributed by atoms with Crippen molar-refractivity contribution in [3.63, 3.8) is 0 Å². The molecular weight excluding hydrogens is 307 g/mol. The molecule has 0 bridgehead atoms. The summed E-state index contributed by atoms with van der Waals surface area (Å²) in [5.41, 5.74) is 0. The third kappa shape index (κ3) is 12.7. The van der Waals surface area contributed by atoms with Gasteiger partial charge < -0.3 is 0 Å². The van der Waals surface area contributed by atoms with E-state index in [0.717, 1.165) is 35.5 Å². The molecule has 7 unspecified atom stereocenters. The van der Waals surface area contributed by atoms with E-state index in [1.807, 2.05) is 27.7 Å². The predicted molar refractivity (Wildman–Crippen MR) is 132 cm³/mol. The molecule has 7 atom stereocenters. The molecule has 1 rings (SSSR count). The van der Waals surface area contributed by atoms with Gasteiger partial charge in [-0.05, 0) is 35.5 Å². The fourth-order valence-corrected chi connectivity index (χ4v) is 4.04. The van der Waals surface area contributed by atoms with Gasteiger partial charge in [0.1, 0.15) is 0 Å². The van der Waals surface area contributed by atoms with Gasteiger partial charge in [-0.3, -0.25) is 0 Å². The quantitative estimate of drug-likeness (QED) is 0.433. The Morgan fingerprint density at radius 3 is 1.21 bits per heavy atom. The summed E-state index contributed by atoms with van der Waals surface area (Å²) in [7, 11) is 0. The lowest BCUT2D eigenvalue weighted by molar-refractivity contribution is 0.215. The number of hydrogen-bond acceptors (Lipinski definition) is 0. The van der Waals surface area contributed by atoms with Gasteiger partial charge in [0, 0.05) is 0 Å². The zero-order chi connectivity index (χ0) is 14.9. The van der Waals surface area contributed by atoms with Gasteiger partial charge in [0.15, 0.2) is 0 Å². The van der Waals surface area contributed by atoms with Crippen LogP contribution in [0.4, 0.5) is 0 Å². The van der Waals surface area contributed by atoms with Gasteiger partial charge >= 0.3 is 0 Å². The first-order valence-corrected chi connectivity index (χ1v) is 8.54. The molecule has 0 aromatic carbocycles. The monoisotopic (exact) mass is 370 g/mol. The maximum atomic E-state index is 2.49. The Morgan fingerprint density at radius 1 is 0.667 bits per heavy atom. The van der Waals surface area contributed by atoms with Crippen molar-refractivity contribution in [1.82, 2.24) is 0 Å². The van der Waals surface area contributed by atoms with Gasteiger partial charge in [0.2, 0.25) is 0 Å². The summed E-state index contributed by atoms with van der Waals surface area (Å²) in [4.78, 5) is 0. The van der Waals surface area contributed by atoms with E-state index in [1.54, 1.807) is 0 Å². The Balaban J connectivity index is -0.0000000398. The molecule has 1 aliphatic carbocycles. The van der Waals surface area contributed by atoms with Crippen molar-refractivity contribution in [2.24, 2.45) is 35.5 Å². The molecule has 1 fully saturated rings. The molecule has 24 heavy (non-hydrogen) atoms. The van der Waals surface area contributed by atoms with E-state index in [4.69, 9.17) is 0 Å². The molecular formula is C23H63P. The molecule has 0 spiro atoms. The van der Waals surface area contributed by atoms with Crippen LogP contribution in [0.3, 0.4) is 0 Å². The first kappa shape index (κ1) is 49.7. The molecule has 0 radical (unpaired) electrons. The van der Waals surface area contributed by atoms with Crippen molar-refractivity contribution >= 4 is 9.90 Å². The van der Waals surface area contributed by atoms with E-state index in [-0.39, 0.29) is 47.0 Å². The third-order valence-corrected chi connectivity index (χ3v) is 5.17. The topological polar surface area (TPSA) is 0 Å². The fourth-order valence-electron chi connectivity index (χ4n) is 4.04. The molecule has 0 nitrogen and oxygen atoms in total. The summed E-state index contributed by atoms with van der Waals surface area (Å²) in [6.45, 7) is 22.6. The van der Waals surface area contributed by atoms with Crippen LogP contribution in [0.15, 0.2) is 0 Å². The van der Waals surface area contributed by atoms with Crippen molar-refractivity contribution in [3.8, 4) is 0 Å². The average Bonchev–Trinajstić information content (AvgIpc) is 2.64. The van der Waals surface area contributed by atoms with Crippen LogP contribution in [0, 0.1) is 35.5 Å². The van der Waals surface area contributed by atoms with E-state index < -0.39 is 0 Å². The highest BCUT2D eigenvalue weighted by atomic mass is 31.0. The highest BCUT2D eigenvalue weighted by molar-refractivity contribution is 6.92.